The molecule has 1 unspecified atom stereocenters. The first-order chi connectivity index (χ1) is 10.8. The van der Waals surface area contributed by atoms with E-state index in [1.165, 1.54) is 21.3 Å². The average Bonchev–Trinajstić information content (AvgIpc) is 2.49. The molecule has 7 nitrogen and oxygen atoms in total. The molecule has 0 radical (unpaired) electrons. The molecule has 1 atom stereocenters. The van der Waals surface area contributed by atoms with E-state index in [9.17, 15) is 10.1 Å². The molecule has 1 amide bonds. The highest BCUT2D eigenvalue weighted by Crippen LogP contribution is 2.39. The average molecular weight is 322 g/mol. The predicted molar refractivity (Wildman–Crippen MR) is 83.8 cm³/mol. The normalized spacial score (nSPS) is 11.9. The van der Waals surface area contributed by atoms with E-state index < -0.39 is 17.7 Å². The zero-order valence-electron chi connectivity index (χ0n) is 14.2. The van der Waals surface area contributed by atoms with Gasteiger partial charge in [-0.2, -0.15) is 5.26 Å². The minimum Gasteiger partial charge on any atom is -0.493 e. The SMILES string of the molecule is COc1cc(C(C#N)NC(=O)OC(C)(C)C)cc(OC)c1OC. The van der Waals surface area contributed by atoms with E-state index >= 15 is 0 Å². The van der Waals surface area contributed by atoms with Gasteiger partial charge in [0.2, 0.25) is 5.75 Å². The van der Waals surface area contributed by atoms with Gasteiger partial charge < -0.3 is 24.3 Å². The summed E-state index contributed by atoms with van der Waals surface area (Å²) in [6.45, 7) is 5.23. The van der Waals surface area contributed by atoms with Crippen LogP contribution in [0.4, 0.5) is 4.79 Å². The number of alkyl carbamates (subject to hydrolysis) is 1. The van der Waals surface area contributed by atoms with Gasteiger partial charge in [0, 0.05) is 0 Å². The number of hydrogen-bond donors (Lipinski definition) is 1. The van der Waals surface area contributed by atoms with Gasteiger partial charge in [-0.05, 0) is 38.5 Å². The van der Waals surface area contributed by atoms with Crippen LogP contribution in [0, 0.1) is 11.3 Å². The monoisotopic (exact) mass is 322 g/mol. The summed E-state index contributed by atoms with van der Waals surface area (Å²) in [7, 11) is 4.44. The quantitative estimate of drug-likeness (QED) is 0.896. The van der Waals surface area contributed by atoms with E-state index in [1.807, 2.05) is 6.07 Å². The van der Waals surface area contributed by atoms with E-state index in [4.69, 9.17) is 18.9 Å². The van der Waals surface area contributed by atoms with Crippen molar-refractivity contribution >= 4 is 6.09 Å². The molecule has 0 saturated heterocycles. The fourth-order valence-electron chi connectivity index (χ4n) is 1.88. The number of benzene rings is 1. The zero-order chi connectivity index (χ0) is 17.6. The minimum atomic E-state index is -0.918. The molecule has 0 saturated carbocycles. The molecule has 0 spiro atoms. The maximum Gasteiger partial charge on any atom is 0.408 e. The lowest BCUT2D eigenvalue weighted by Gasteiger charge is -2.22. The maximum atomic E-state index is 11.9. The van der Waals surface area contributed by atoms with Crippen molar-refractivity contribution in [2.45, 2.75) is 32.4 Å². The van der Waals surface area contributed by atoms with Gasteiger partial charge in [0.25, 0.3) is 0 Å². The molecule has 126 valence electrons. The summed E-state index contributed by atoms with van der Waals surface area (Å²) in [5.41, 5.74) is -0.160. The molecular weight excluding hydrogens is 300 g/mol. The number of carbonyl (C=O) groups is 1. The molecule has 0 aliphatic rings. The fraction of sp³-hybridized carbons (Fsp3) is 0.500. The van der Waals surface area contributed by atoms with Crippen LogP contribution in [0.3, 0.4) is 0 Å². The molecule has 1 aromatic rings. The Morgan fingerprint density at radius 1 is 1.13 bits per heavy atom. The van der Waals surface area contributed by atoms with Crippen LogP contribution >= 0.6 is 0 Å². The first kappa shape index (κ1) is 18.4. The van der Waals surface area contributed by atoms with Crippen molar-refractivity contribution in [3.8, 4) is 23.3 Å². The second kappa shape index (κ2) is 7.58. The maximum absolute atomic E-state index is 11.9. The van der Waals surface area contributed by atoms with Crippen LogP contribution in [-0.4, -0.2) is 33.0 Å². The Balaban J connectivity index is 3.11. The number of amides is 1. The highest BCUT2D eigenvalue weighted by Gasteiger charge is 2.23. The molecule has 1 rings (SSSR count). The predicted octanol–water partition coefficient (Wildman–Crippen LogP) is 2.80. The highest BCUT2D eigenvalue weighted by molar-refractivity contribution is 5.69. The third kappa shape index (κ3) is 4.95. The third-order valence-electron chi connectivity index (χ3n) is 2.81. The van der Waals surface area contributed by atoms with E-state index in [1.54, 1.807) is 32.9 Å². The van der Waals surface area contributed by atoms with Gasteiger partial charge in [-0.25, -0.2) is 4.79 Å². The largest absolute Gasteiger partial charge is 0.493 e. The Bertz CT molecular complexity index is 576. The van der Waals surface area contributed by atoms with Gasteiger partial charge in [0.05, 0.1) is 27.4 Å². The second-order valence-corrected chi connectivity index (χ2v) is 5.67. The lowest BCUT2D eigenvalue weighted by atomic mass is 10.1. The Labute approximate surface area is 136 Å². The number of nitrogens with one attached hydrogen (secondary N) is 1. The highest BCUT2D eigenvalue weighted by atomic mass is 16.6. The molecule has 23 heavy (non-hydrogen) atoms. The van der Waals surface area contributed by atoms with Crippen LogP contribution in [0.5, 0.6) is 17.2 Å². The molecule has 0 bridgehead atoms. The topological polar surface area (TPSA) is 89.8 Å². The van der Waals surface area contributed by atoms with Gasteiger partial charge in [0.15, 0.2) is 11.5 Å². The lowest BCUT2D eigenvalue weighted by Crippen LogP contribution is -2.34. The summed E-state index contributed by atoms with van der Waals surface area (Å²) < 4.78 is 20.9. The van der Waals surface area contributed by atoms with Crippen molar-refractivity contribution in [2.24, 2.45) is 0 Å². The molecular formula is C16H22N2O5. The molecule has 0 aliphatic carbocycles. The van der Waals surface area contributed by atoms with Crippen molar-refractivity contribution in [3.05, 3.63) is 17.7 Å². The summed E-state index contributed by atoms with van der Waals surface area (Å²) in [5.74, 6) is 1.20. The lowest BCUT2D eigenvalue weighted by molar-refractivity contribution is 0.0515. The first-order valence-corrected chi connectivity index (χ1v) is 6.94. The van der Waals surface area contributed by atoms with Gasteiger partial charge in [-0.15, -0.1) is 0 Å². The van der Waals surface area contributed by atoms with E-state index in [0.29, 0.717) is 22.8 Å². The van der Waals surface area contributed by atoms with Crippen LogP contribution in [-0.2, 0) is 4.74 Å². The number of ether oxygens (including phenoxy) is 4. The summed E-state index contributed by atoms with van der Waals surface area (Å²) in [6.07, 6.45) is -0.683. The fourth-order valence-corrected chi connectivity index (χ4v) is 1.88. The molecule has 0 fully saturated rings. The Morgan fingerprint density at radius 3 is 2.00 bits per heavy atom. The van der Waals surface area contributed by atoms with Crippen LogP contribution in [0.25, 0.3) is 0 Å². The van der Waals surface area contributed by atoms with Crippen molar-refractivity contribution in [2.75, 3.05) is 21.3 Å². The molecule has 0 heterocycles. The van der Waals surface area contributed by atoms with Gasteiger partial charge in [-0.1, -0.05) is 0 Å². The molecule has 1 N–H and O–H groups in total. The van der Waals surface area contributed by atoms with Gasteiger partial charge in [-0.3, -0.25) is 0 Å². The minimum absolute atomic E-state index is 0.396. The van der Waals surface area contributed by atoms with E-state index in [2.05, 4.69) is 5.32 Å². The van der Waals surface area contributed by atoms with Crippen molar-refractivity contribution in [1.82, 2.24) is 5.32 Å². The Hall–Kier alpha value is -2.62. The van der Waals surface area contributed by atoms with Crippen molar-refractivity contribution in [1.29, 1.82) is 5.26 Å². The second-order valence-electron chi connectivity index (χ2n) is 5.67. The molecule has 0 aliphatic heterocycles. The van der Waals surface area contributed by atoms with Gasteiger partial charge in [0.1, 0.15) is 11.6 Å². The summed E-state index contributed by atoms with van der Waals surface area (Å²) in [5, 5.41) is 11.9. The van der Waals surface area contributed by atoms with E-state index in [0.717, 1.165) is 0 Å². The van der Waals surface area contributed by atoms with Crippen molar-refractivity contribution < 1.29 is 23.7 Å². The summed E-state index contributed by atoms with van der Waals surface area (Å²) in [4.78, 5) is 11.9. The third-order valence-corrected chi connectivity index (χ3v) is 2.81. The first-order valence-electron chi connectivity index (χ1n) is 6.94. The number of nitriles is 1. The molecule has 0 aromatic heterocycles. The summed E-state index contributed by atoms with van der Waals surface area (Å²) >= 11 is 0. The smallest absolute Gasteiger partial charge is 0.408 e. The molecule has 7 heteroatoms. The van der Waals surface area contributed by atoms with Crippen molar-refractivity contribution in [3.63, 3.8) is 0 Å². The van der Waals surface area contributed by atoms with Crippen LogP contribution in [0.15, 0.2) is 12.1 Å². The number of nitrogens with zero attached hydrogens (tertiary/aromatic N) is 1. The zero-order valence-corrected chi connectivity index (χ0v) is 14.2. The number of rotatable bonds is 5. The summed E-state index contributed by atoms with van der Waals surface area (Å²) in [6, 6.07) is 4.30. The number of carbonyl (C=O) groups excluding carboxylic acids is 1. The number of methoxy groups -OCH3 is 3. The van der Waals surface area contributed by atoms with Gasteiger partial charge >= 0.3 is 6.09 Å². The Morgan fingerprint density at radius 2 is 1.65 bits per heavy atom. The number of hydrogen-bond acceptors (Lipinski definition) is 6. The van der Waals surface area contributed by atoms with E-state index in [-0.39, 0.29) is 0 Å². The Kier molecular flexibility index (Phi) is 6.08. The van der Waals surface area contributed by atoms with Crippen LogP contribution < -0.4 is 19.5 Å². The van der Waals surface area contributed by atoms with Crippen LogP contribution in [0.2, 0.25) is 0 Å². The molecule has 1 aromatic carbocycles. The standard InChI is InChI=1S/C16H22N2O5/c1-16(2,3)23-15(19)18-11(9-17)10-7-12(20-4)14(22-6)13(8-10)21-5/h7-8,11H,1-6H3,(H,18,19). The van der Waals surface area contributed by atoms with Crippen LogP contribution in [0.1, 0.15) is 32.4 Å².